The Balaban J connectivity index is 1.81. The molecule has 0 radical (unpaired) electrons. The summed E-state index contributed by atoms with van der Waals surface area (Å²) in [6.45, 7) is 0. The van der Waals surface area contributed by atoms with Crippen LogP contribution in [0.15, 0.2) is 97.2 Å². The monoisotopic (exact) mass is 369 g/mol. The summed E-state index contributed by atoms with van der Waals surface area (Å²) in [5.41, 5.74) is 1.12. The molecular formula is C24H19NO3. The first-order chi connectivity index (χ1) is 13.7. The molecular weight excluding hydrogens is 350 g/mol. The van der Waals surface area contributed by atoms with Gasteiger partial charge in [0.1, 0.15) is 5.69 Å². The number of rotatable bonds is 6. The van der Waals surface area contributed by atoms with Crippen molar-refractivity contribution in [1.82, 2.24) is 4.98 Å². The summed E-state index contributed by atoms with van der Waals surface area (Å²) in [5, 5.41) is 0. The molecule has 4 nitrogen and oxygen atoms in total. The van der Waals surface area contributed by atoms with Crippen LogP contribution < -0.4 is 0 Å². The van der Waals surface area contributed by atoms with E-state index < -0.39 is 11.6 Å². The number of benzene rings is 2. The Labute approximate surface area is 163 Å². The third-order valence-electron chi connectivity index (χ3n) is 5.02. The molecule has 4 rings (SSSR count). The van der Waals surface area contributed by atoms with Gasteiger partial charge in [0.05, 0.1) is 0 Å². The summed E-state index contributed by atoms with van der Waals surface area (Å²) in [7, 11) is 0. The smallest absolute Gasteiger partial charge is 0.331 e. The first-order valence-corrected chi connectivity index (χ1v) is 9.16. The number of cyclic esters (lactones) is 1. The standard InChI is InChI=1S/C24H19NO3/c26-22(21-13-7-8-16-25-21)17-20(18-9-3-1-4-10-18)24(15-14-23(27)28-24)19-11-5-2-6-12-19/h1-16,20H,17H2/t20-,24-/m1/s1. The van der Waals surface area contributed by atoms with Crippen molar-refractivity contribution in [3.05, 3.63) is 114 Å². The molecule has 1 aromatic heterocycles. The lowest BCUT2D eigenvalue weighted by molar-refractivity contribution is -0.148. The number of hydrogen-bond acceptors (Lipinski definition) is 4. The summed E-state index contributed by atoms with van der Waals surface area (Å²) in [6, 6.07) is 24.5. The predicted octanol–water partition coefficient (Wildman–Crippen LogP) is 4.45. The molecule has 0 unspecified atom stereocenters. The minimum Gasteiger partial charge on any atom is -0.446 e. The largest absolute Gasteiger partial charge is 0.446 e. The van der Waals surface area contributed by atoms with Crippen LogP contribution in [0.25, 0.3) is 0 Å². The number of aromatic nitrogens is 1. The van der Waals surface area contributed by atoms with Gasteiger partial charge in [-0.1, -0.05) is 66.7 Å². The van der Waals surface area contributed by atoms with Crippen molar-refractivity contribution < 1.29 is 14.3 Å². The molecule has 0 saturated heterocycles. The highest BCUT2D eigenvalue weighted by atomic mass is 16.6. The molecule has 2 heterocycles. The first kappa shape index (κ1) is 17.9. The van der Waals surface area contributed by atoms with Gasteiger partial charge in [-0.15, -0.1) is 0 Å². The fraction of sp³-hybridized carbons (Fsp3) is 0.125. The number of nitrogens with zero attached hydrogens (tertiary/aromatic N) is 1. The van der Waals surface area contributed by atoms with Crippen LogP contribution in [-0.4, -0.2) is 16.7 Å². The number of ketones is 1. The highest BCUT2D eigenvalue weighted by molar-refractivity contribution is 5.95. The first-order valence-electron chi connectivity index (χ1n) is 9.16. The average Bonchev–Trinajstić information content (AvgIpc) is 3.16. The SMILES string of the molecule is O=C1C=C[C@@](c2ccccc2)([C@H](CC(=O)c2ccccn2)c2ccccc2)O1. The molecule has 2 aromatic carbocycles. The van der Waals surface area contributed by atoms with E-state index in [2.05, 4.69) is 4.98 Å². The van der Waals surface area contributed by atoms with Crippen molar-refractivity contribution in [2.24, 2.45) is 0 Å². The van der Waals surface area contributed by atoms with Gasteiger partial charge in [-0.3, -0.25) is 9.78 Å². The Morgan fingerprint density at radius 3 is 2.21 bits per heavy atom. The maximum atomic E-state index is 13.0. The van der Waals surface area contributed by atoms with E-state index in [9.17, 15) is 9.59 Å². The van der Waals surface area contributed by atoms with Gasteiger partial charge >= 0.3 is 5.97 Å². The molecule has 4 heteroatoms. The number of Topliss-reactive ketones (excluding diaryl/α,β-unsaturated/α-hetero) is 1. The van der Waals surface area contributed by atoms with Crippen molar-refractivity contribution in [3.63, 3.8) is 0 Å². The number of carbonyl (C=O) groups is 2. The molecule has 0 fully saturated rings. The second-order valence-corrected chi connectivity index (χ2v) is 6.72. The van der Waals surface area contributed by atoms with Crippen molar-refractivity contribution in [2.45, 2.75) is 17.9 Å². The minimum absolute atomic E-state index is 0.0962. The molecule has 2 atom stereocenters. The maximum absolute atomic E-state index is 13.0. The van der Waals surface area contributed by atoms with Gasteiger partial charge in [0, 0.05) is 30.2 Å². The molecule has 1 aliphatic heterocycles. The van der Waals surface area contributed by atoms with Gasteiger partial charge < -0.3 is 4.74 Å². The Morgan fingerprint density at radius 1 is 0.929 bits per heavy atom. The van der Waals surface area contributed by atoms with Gasteiger partial charge in [-0.05, 0) is 23.8 Å². The number of carbonyl (C=O) groups excluding carboxylic acids is 2. The molecule has 28 heavy (non-hydrogen) atoms. The summed E-state index contributed by atoms with van der Waals surface area (Å²) in [4.78, 5) is 29.3. The van der Waals surface area contributed by atoms with Gasteiger partial charge in [-0.2, -0.15) is 0 Å². The molecule has 0 aliphatic carbocycles. The van der Waals surface area contributed by atoms with Gasteiger partial charge in [0.15, 0.2) is 11.4 Å². The second kappa shape index (κ2) is 7.61. The molecule has 138 valence electrons. The van der Waals surface area contributed by atoms with E-state index in [1.165, 1.54) is 6.08 Å². The van der Waals surface area contributed by atoms with E-state index in [0.29, 0.717) is 5.69 Å². The lowest BCUT2D eigenvalue weighted by atomic mass is 9.74. The normalized spacial score (nSPS) is 19.2. The summed E-state index contributed by atoms with van der Waals surface area (Å²) >= 11 is 0. The van der Waals surface area contributed by atoms with Gasteiger partial charge in [0.2, 0.25) is 0 Å². The van der Waals surface area contributed by atoms with E-state index in [0.717, 1.165) is 11.1 Å². The fourth-order valence-electron chi connectivity index (χ4n) is 3.69. The number of esters is 1. The molecule has 0 bridgehead atoms. The quantitative estimate of drug-likeness (QED) is 0.476. The zero-order valence-corrected chi connectivity index (χ0v) is 15.2. The zero-order chi connectivity index (χ0) is 19.4. The van der Waals surface area contributed by atoms with Crippen LogP contribution >= 0.6 is 0 Å². The third-order valence-corrected chi connectivity index (χ3v) is 5.02. The molecule has 0 spiro atoms. The zero-order valence-electron chi connectivity index (χ0n) is 15.2. The van der Waals surface area contributed by atoms with E-state index in [1.807, 2.05) is 60.7 Å². The summed E-state index contributed by atoms with van der Waals surface area (Å²) in [5.74, 6) is -0.885. The topological polar surface area (TPSA) is 56.3 Å². The maximum Gasteiger partial charge on any atom is 0.331 e. The summed E-state index contributed by atoms with van der Waals surface area (Å²) < 4.78 is 5.87. The highest BCUT2D eigenvalue weighted by Gasteiger charge is 2.46. The van der Waals surface area contributed by atoms with Crippen molar-refractivity contribution in [2.75, 3.05) is 0 Å². The molecule has 0 N–H and O–H groups in total. The van der Waals surface area contributed by atoms with E-state index in [-0.39, 0.29) is 18.1 Å². The van der Waals surface area contributed by atoms with Crippen LogP contribution in [0.1, 0.15) is 34.0 Å². The van der Waals surface area contributed by atoms with Crippen molar-refractivity contribution in [1.29, 1.82) is 0 Å². The lowest BCUT2D eigenvalue weighted by Crippen LogP contribution is -2.35. The van der Waals surface area contributed by atoms with Crippen LogP contribution in [0.3, 0.4) is 0 Å². The fourth-order valence-corrected chi connectivity index (χ4v) is 3.69. The van der Waals surface area contributed by atoms with Gasteiger partial charge in [-0.25, -0.2) is 4.79 Å². The van der Waals surface area contributed by atoms with Crippen LogP contribution in [0.4, 0.5) is 0 Å². The number of ether oxygens (including phenoxy) is 1. The average molecular weight is 369 g/mol. The third kappa shape index (κ3) is 3.37. The Bertz CT molecular complexity index is 1000. The van der Waals surface area contributed by atoms with Crippen molar-refractivity contribution in [3.8, 4) is 0 Å². The van der Waals surface area contributed by atoms with E-state index in [4.69, 9.17) is 4.74 Å². The Hall–Kier alpha value is -3.53. The predicted molar refractivity (Wildman–Crippen MR) is 106 cm³/mol. The van der Waals surface area contributed by atoms with E-state index in [1.54, 1.807) is 30.5 Å². The summed E-state index contributed by atoms with van der Waals surface area (Å²) in [6.07, 6.45) is 4.98. The Morgan fingerprint density at radius 2 is 1.61 bits per heavy atom. The molecule has 3 aromatic rings. The highest BCUT2D eigenvalue weighted by Crippen LogP contribution is 2.46. The van der Waals surface area contributed by atoms with E-state index >= 15 is 0 Å². The number of hydrogen-bond donors (Lipinski definition) is 0. The van der Waals surface area contributed by atoms with Crippen LogP contribution in [0.5, 0.6) is 0 Å². The second-order valence-electron chi connectivity index (χ2n) is 6.72. The lowest BCUT2D eigenvalue weighted by Gasteiger charge is -2.35. The van der Waals surface area contributed by atoms with Crippen LogP contribution in [-0.2, 0) is 15.1 Å². The van der Waals surface area contributed by atoms with Crippen LogP contribution in [0, 0.1) is 0 Å². The van der Waals surface area contributed by atoms with Crippen LogP contribution in [0.2, 0.25) is 0 Å². The molecule has 0 saturated carbocycles. The molecule has 1 aliphatic rings. The Kier molecular flexibility index (Phi) is 4.85. The van der Waals surface area contributed by atoms with Gasteiger partial charge in [0.25, 0.3) is 0 Å². The number of pyridine rings is 1. The minimum atomic E-state index is -1.04. The molecule has 0 amide bonds. The van der Waals surface area contributed by atoms with Crippen molar-refractivity contribution >= 4 is 11.8 Å².